The minimum Gasteiger partial charge on any atom is -0.497 e. The van der Waals surface area contributed by atoms with E-state index < -0.39 is 6.10 Å². The average Bonchev–Trinajstić information content (AvgIpc) is 3.09. The largest absolute Gasteiger partial charge is 0.497 e. The predicted molar refractivity (Wildman–Crippen MR) is 98.4 cm³/mol. The zero-order valence-corrected chi connectivity index (χ0v) is 14.9. The summed E-state index contributed by atoms with van der Waals surface area (Å²) in [5, 5.41) is 10.6. The highest BCUT2D eigenvalue weighted by Crippen LogP contribution is 2.46. The number of nitrogens with zero attached hydrogens (tertiary/aromatic N) is 1. The van der Waals surface area contributed by atoms with Crippen LogP contribution >= 0.6 is 0 Å². The van der Waals surface area contributed by atoms with Crippen LogP contribution in [0.2, 0.25) is 0 Å². The van der Waals surface area contributed by atoms with Crippen molar-refractivity contribution >= 4 is 0 Å². The molecule has 0 radical (unpaired) electrons. The molecular formula is C21H21NO4. The van der Waals surface area contributed by atoms with E-state index in [-0.39, 0.29) is 0 Å². The van der Waals surface area contributed by atoms with E-state index in [0.29, 0.717) is 5.88 Å². The Balaban J connectivity index is 1.93. The van der Waals surface area contributed by atoms with Gasteiger partial charge < -0.3 is 19.0 Å². The smallest absolute Gasteiger partial charge is 0.212 e. The molecule has 0 amide bonds. The van der Waals surface area contributed by atoms with Crippen molar-refractivity contribution in [1.82, 2.24) is 4.98 Å². The Bertz CT molecular complexity index is 914. The lowest BCUT2D eigenvalue weighted by molar-refractivity contribution is 0.153. The highest BCUT2D eigenvalue weighted by atomic mass is 16.5. The fraction of sp³-hybridized carbons (Fsp3) is 0.286. The van der Waals surface area contributed by atoms with Gasteiger partial charge in [0.2, 0.25) is 5.88 Å². The van der Waals surface area contributed by atoms with E-state index in [1.54, 1.807) is 20.4 Å². The van der Waals surface area contributed by atoms with Crippen LogP contribution in [0.4, 0.5) is 0 Å². The van der Waals surface area contributed by atoms with Gasteiger partial charge in [-0.15, -0.1) is 0 Å². The number of aliphatic hydroxyl groups is 1. The van der Waals surface area contributed by atoms with Crippen LogP contribution in [0, 0.1) is 0 Å². The number of furan rings is 1. The maximum absolute atomic E-state index is 10.6. The zero-order chi connectivity index (χ0) is 18.1. The summed E-state index contributed by atoms with van der Waals surface area (Å²) < 4.78 is 16.8. The molecule has 3 aromatic rings. The van der Waals surface area contributed by atoms with Gasteiger partial charge in [0.1, 0.15) is 17.3 Å². The van der Waals surface area contributed by atoms with Crippen molar-refractivity contribution in [2.45, 2.75) is 25.4 Å². The van der Waals surface area contributed by atoms with E-state index >= 15 is 0 Å². The first-order valence-electron chi connectivity index (χ1n) is 8.69. The molecule has 1 atom stereocenters. The van der Waals surface area contributed by atoms with Crippen LogP contribution in [-0.2, 0) is 6.42 Å². The summed E-state index contributed by atoms with van der Waals surface area (Å²) >= 11 is 0. The number of pyridine rings is 1. The predicted octanol–water partition coefficient (Wildman–Crippen LogP) is 4.40. The lowest BCUT2D eigenvalue weighted by atomic mass is 9.89. The van der Waals surface area contributed by atoms with Gasteiger partial charge in [-0.05, 0) is 31.0 Å². The van der Waals surface area contributed by atoms with Crippen LogP contribution in [0.25, 0.3) is 22.5 Å². The number of benzene rings is 1. The Morgan fingerprint density at radius 2 is 2.00 bits per heavy atom. The molecule has 0 aliphatic heterocycles. The van der Waals surface area contributed by atoms with Gasteiger partial charge >= 0.3 is 0 Å². The number of aryl methyl sites for hydroxylation is 1. The molecule has 26 heavy (non-hydrogen) atoms. The summed E-state index contributed by atoms with van der Waals surface area (Å²) in [6.07, 6.45) is 3.71. The monoisotopic (exact) mass is 351 g/mol. The molecule has 0 saturated carbocycles. The molecule has 1 N–H and O–H groups in total. The van der Waals surface area contributed by atoms with E-state index in [4.69, 9.17) is 13.9 Å². The maximum Gasteiger partial charge on any atom is 0.212 e. The molecule has 0 saturated heterocycles. The summed E-state index contributed by atoms with van der Waals surface area (Å²) in [4.78, 5) is 4.33. The van der Waals surface area contributed by atoms with Gasteiger partial charge in [-0.25, -0.2) is 4.98 Å². The Morgan fingerprint density at radius 3 is 2.73 bits per heavy atom. The van der Waals surface area contributed by atoms with Crippen LogP contribution in [0.5, 0.6) is 11.6 Å². The van der Waals surface area contributed by atoms with Crippen molar-refractivity contribution < 1.29 is 19.0 Å². The molecule has 134 valence electrons. The molecule has 5 heteroatoms. The van der Waals surface area contributed by atoms with Crippen LogP contribution in [-0.4, -0.2) is 24.3 Å². The molecule has 1 aliphatic rings. The Kier molecular flexibility index (Phi) is 4.39. The molecule has 0 fully saturated rings. The Hall–Kier alpha value is -2.79. The second-order valence-corrected chi connectivity index (χ2v) is 6.37. The van der Waals surface area contributed by atoms with E-state index in [9.17, 15) is 5.11 Å². The van der Waals surface area contributed by atoms with Gasteiger partial charge in [-0.1, -0.05) is 12.1 Å². The fourth-order valence-corrected chi connectivity index (χ4v) is 3.53. The first-order valence-corrected chi connectivity index (χ1v) is 8.69. The van der Waals surface area contributed by atoms with Gasteiger partial charge in [0, 0.05) is 40.9 Å². The minimum absolute atomic E-state index is 0.529. The number of methoxy groups -OCH3 is 2. The normalized spacial score (nSPS) is 16.2. The third-order valence-corrected chi connectivity index (χ3v) is 4.80. The molecule has 2 aromatic heterocycles. The molecule has 4 rings (SSSR count). The number of ether oxygens (including phenoxy) is 2. The van der Waals surface area contributed by atoms with Gasteiger partial charge in [0.25, 0.3) is 0 Å². The van der Waals surface area contributed by atoms with Crippen LogP contribution < -0.4 is 9.47 Å². The SMILES string of the molecule is COc1cccc(-c2oc3c(c2-c2ccc(OC)nc2)C(O)CCC3)c1. The summed E-state index contributed by atoms with van der Waals surface area (Å²) in [5.74, 6) is 2.90. The highest BCUT2D eigenvalue weighted by molar-refractivity contribution is 5.84. The summed E-state index contributed by atoms with van der Waals surface area (Å²) in [6.45, 7) is 0. The third kappa shape index (κ3) is 2.84. The number of aromatic nitrogens is 1. The summed E-state index contributed by atoms with van der Waals surface area (Å²) in [5.41, 5.74) is 3.59. The Labute approximate surface area is 152 Å². The van der Waals surface area contributed by atoms with Crippen molar-refractivity contribution in [2.75, 3.05) is 14.2 Å². The third-order valence-electron chi connectivity index (χ3n) is 4.80. The van der Waals surface area contributed by atoms with Gasteiger partial charge in [0.15, 0.2) is 0 Å². The molecule has 5 nitrogen and oxygen atoms in total. The standard InChI is InChI=1S/C21H21NO4/c1-24-15-6-3-5-13(11-15)21-19(14-9-10-18(25-2)22-12-14)20-16(23)7-4-8-17(20)26-21/h3,5-6,9-12,16,23H,4,7-8H2,1-2H3. The van der Waals surface area contributed by atoms with Crippen molar-refractivity contribution in [2.24, 2.45) is 0 Å². The fourth-order valence-electron chi connectivity index (χ4n) is 3.53. The van der Waals surface area contributed by atoms with Gasteiger partial charge in [-0.2, -0.15) is 0 Å². The minimum atomic E-state index is -0.529. The molecule has 0 spiro atoms. The van der Waals surface area contributed by atoms with Gasteiger partial charge in [-0.3, -0.25) is 0 Å². The summed E-state index contributed by atoms with van der Waals surface area (Å²) in [6, 6.07) is 11.5. The van der Waals surface area contributed by atoms with Crippen molar-refractivity contribution in [1.29, 1.82) is 0 Å². The quantitative estimate of drug-likeness (QED) is 0.755. The first kappa shape index (κ1) is 16.7. The van der Waals surface area contributed by atoms with E-state index in [1.165, 1.54) is 0 Å². The molecule has 1 unspecified atom stereocenters. The molecule has 2 heterocycles. The highest BCUT2D eigenvalue weighted by Gasteiger charge is 2.30. The topological polar surface area (TPSA) is 64.7 Å². The van der Waals surface area contributed by atoms with E-state index in [0.717, 1.165) is 58.8 Å². The van der Waals surface area contributed by atoms with Crippen molar-refractivity contribution in [3.63, 3.8) is 0 Å². The molecule has 1 aromatic carbocycles. The lowest BCUT2D eigenvalue weighted by Gasteiger charge is -2.18. The number of hydrogen-bond donors (Lipinski definition) is 1. The molecule has 1 aliphatic carbocycles. The molecular weight excluding hydrogens is 330 g/mol. The van der Waals surface area contributed by atoms with Crippen molar-refractivity contribution in [3.05, 3.63) is 53.9 Å². The molecule has 0 bridgehead atoms. The maximum atomic E-state index is 10.6. The second-order valence-electron chi connectivity index (χ2n) is 6.37. The van der Waals surface area contributed by atoms with Crippen LogP contribution in [0.15, 0.2) is 47.0 Å². The Morgan fingerprint density at radius 1 is 1.12 bits per heavy atom. The number of fused-ring (bicyclic) bond motifs is 1. The second kappa shape index (κ2) is 6.84. The number of hydrogen-bond acceptors (Lipinski definition) is 5. The number of rotatable bonds is 4. The number of aliphatic hydroxyl groups excluding tert-OH is 1. The zero-order valence-electron chi connectivity index (χ0n) is 14.9. The average molecular weight is 351 g/mol. The van der Waals surface area contributed by atoms with Crippen LogP contribution in [0.1, 0.15) is 30.3 Å². The summed E-state index contributed by atoms with van der Waals surface area (Å²) in [7, 11) is 3.23. The van der Waals surface area contributed by atoms with E-state index in [1.807, 2.05) is 36.4 Å². The van der Waals surface area contributed by atoms with Gasteiger partial charge in [0.05, 0.1) is 20.3 Å². The van der Waals surface area contributed by atoms with Crippen molar-refractivity contribution in [3.8, 4) is 34.1 Å². The van der Waals surface area contributed by atoms with Crippen LogP contribution in [0.3, 0.4) is 0 Å². The van der Waals surface area contributed by atoms with E-state index in [2.05, 4.69) is 4.98 Å². The lowest BCUT2D eigenvalue weighted by Crippen LogP contribution is -2.07. The first-order chi connectivity index (χ1) is 12.7.